The second-order valence-corrected chi connectivity index (χ2v) is 12.6. The van der Waals surface area contributed by atoms with Crippen LogP contribution in [-0.2, 0) is 14.8 Å². The normalized spacial score (nSPS) is 14.8. The van der Waals surface area contributed by atoms with Crippen molar-refractivity contribution in [3.8, 4) is 0 Å². The zero-order chi connectivity index (χ0) is 29.5. The standard InChI is InChI=1S/C29H34N4O6S2/c1-3-29(39-2)15-18-32(19-16-29)23-11-9-22(10-12-23)28(34)31-41(37,38)25-13-14-26(27(21-25)33(35)36)30-17-20-40-24-7-5-4-6-8-24/h4-14,21,30H,3,15-20H2,1-2H3,(H,31,34). The Labute approximate surface area is 244 Å². The molecule has 3 aromatic rings. The van der Waals surface area contributed by atoms with E-state index in [1.807, 2.05) is 35.1 Å². The number of hydrogen-bond donors (Lipinski definition) is 2. The number of carbonyl (C=O) groups excluding carboxylic acids is 1. The van der Waals surface area contributed by atoms with Crippen molar-refractivity contribution >= 4 is 44.8 Å². The minimum Gasteiger partial charge on any atom is -0.379 e. The molecular weight excluding hydrogens is 564 g/mol. The molecule has 1 aliphatic heterocycles. The van der Waals surface area contributed by atoms with E-state index in [-0.39, 0.29) is 21.7 Å². The van der Waals surface area contributed by atoms with Crippen molar-refractivity contribution in [2.24, 2.45) is 0 Å². The van der Waals surface area contributed by atoms with Crippen molar-refractivity contribution in [3.63, 3.8) is 0 Å². The van der Waals surface area contributed by atoms with E-state index in [0.717, 1.165) is 49.0 Å². The van der Waals surface area contributed by atoms with E-state index in [1.165, 1.54) is 12.1 Å². The Morgan fingerprint density at radius 1 is 1.07 bits per heavy atom. The smallest absolute Gasteiger partial charge is 0.293 e. The SMILES string of the molecule is CCC1(OC)CCN(c2ccc(C(=O)NS(=O)(=O)c3ccc(NCCSc4ccccc4)c([N+](=O)[O-])c3)cc2)CC1. The number of amides is 1. The Kier molecular flexibility index (Phi) is 9.90. The molecule has 10 nitrogen and oxygen atoms in total. The summed E-state index contributed by atoms with van der Waals surface area (Å²) in [6.07, 6.45) is 2.74. The lowest BCUT2D eigenvalue weighted by atomic mass is 9.88. The Morgan fingerprint density at radius 2 is 1.76 bits per heavy atom. The van der Waals surface area contributed by atoms with Gasteiger partial charge >= 0.3 is 0 Å². The predicted molar refractivity (Wildman–Crippen MR) is 161 cm³/mol. The van der Waals surface area contributed by atoms with Crippen LogP contribution < -0.4 is 14.9 Å². The molecule has 0 radical (unpaired) electrons. The van der Waals surface area contributed by atoms with Gasteiger partial charge in [0.1, 0.15) is 5.69 Å². The molecule has 2 N–H and O–H groups in total. The van der Waals surface area contributed by atoms with Gasteiger partial charge in [-0.25, -0.2) is 13.1 Å². The lowest BCUT2D eigenvalue weighted by Gasteiger charge is -2.41. The van der Waals surface area contributed by atoms with Crippen LogP contribution in [0.3, 0.4) is 0 Å². The first-order chi connectivity index (χ1) is 19.7. The Morgan fingerprint density at radius 3 is 2.37 bits per heavy atom. The summed E-state index contributed by atoms with van der Waals surface area (Å²) in [4.78, 5) is 26.8. The second kappa shape index (κ2) is 13.4. The van der Waals surface area contributed by atoms with Gasteiger partial charge in [-0.15, -0.1) is 11.8 Å². The zero-order valence-corrected chi connectivity index (χ0v) is 24.7. The van der Waals surface area contributed by atoms with Crippen molar-refractivity contribution in [2.75, 3.05) is 42.7 Å². The van der Waals surface area contributed by atoms with E-state index in [0.29, 0.717) is 12.3 Å². The minimum atomic E-state index is -4.35. The molecule has 0 saturated carbocycles. The van der Waals surface area contributed by atoms with E-state index in [2.05, 4.69) is 17.1 Å². The van der Waals surface area contributed by atoms with Crippen molar-refractivity contribution in [2.45, 2.75) is 41.6 Å². The van der Waals surface area contributed by atoms with E-state index in [1.54, 1.807) is 43.1 Å². The molecule has 0 bridgehead atoms. The number of nitro benzene ring substituents is 1. The third-order valence-corrected chi connectivity index (χ3v) is 9.72. The fraction of sp³-hybridized carbons (Fsp3) is 0.345. The van der Waals surface area contributed by atoms with Gasteiger partial charge in [-0.05, 0) is 67.8 Å². The number of piperidine rings is 1. The van der Waals surface area contributed by atoms with E-state index >= 15 is 0 Å². The maximum Gasteiger partial charge on any atom is 0.293 e. The number of anilines is 2. The number of hydrogen-bond acceptors (Lipinski definition) is 9. The molecule has 1 aliphatic rings. The Balaban J connectivity index is 1.38. The van der Waals surface area contributed by atoms with Gasteiger partial charge < -0.3 is 15.0 Å². The summed E-state index contributed by atoms with van der Waals surface area (Å²) >= 11 is 1.59. The number of nitrogens with zero attached hydrogens (tertiary/aromatic N) is 2. The molecule has 41 heavy (non-hydrogen) atoms. The van der Waals surface area contributed by atoms with Crippen LogP contribution in [0.2, 0.25) is 0 Å². The average Bonchev–Trinajstić information content (AvgIpc) is 2.99. The monoisotopic (exact) mass is 598 g/mol. The molecule has 1 heterocycles. The molecule has 0 spiro atoms. The number of carbonyl (C=O) groups is 1. The fourth-order valence-electron chi connectivity index (χ4n) is 4.79. The number of sulfonamides is 1. The first-order valence-corrected chi connectivity index (χ1v) is 15.8. The average molecular weight is 599 g/mol. The molecule has 12 heteroatoms. The van der Waals surface area contributed by atoms with Crippen LogP contribution in [-0.4, -0.2) is 57.3 Å². The topological polar surface area (TPSA) is 131 Å². The van der Waals surface area contributed by atoms with Crippen LogP contribution in [0.25, 0.3) is 0 Å². The maximum absolute atomic E-state index is 13.0. The first-order valence-electron chi connectivity index (χ1n) is 13.3. The number of ether oxygens (including phenoxy) is 1. The molecule has 0 atom stereocenters. The minimum absolute atomic E-state index is 0.102. The molecule has 1 amide bonds. The molecule has 4 rings (SSSR count). The van der Waals surface area contributed by atoms with Gasteiger partial charge in [0, 0.05) is 54.7 Å². The summed E-state index contributed by atoms with van der Waals surface area (Å²) in [7, 11) is -2.60. The van der Waals surface area contributed by atoms with Gasteiger partial charge in [0.15, 0.2) is 0 Å². The van der Waals surface area contributed by atoms with Gasteiger partial charge in [-0.3, -0.25) is 14.9 Å². The van der Waals surface area contributed by atoms with Crippen LogP contribution >= 0.6 is 11.8 Å². The van der Waals surface area contributed by atoms with Crippen LogP contribution in [0.4, 0.5) is 17.1 Å². The van der Waals surface area contributed by atoms with Gasteiger partial charge in [0.25, 0.3) is 21.6 Å². The van der Waals surface area contributed by atoms with Gasteiger partial charge in [-0.2, -0.15) is 0 Å². The summed E-state index contributed by atoms with van der Waals surface area (Å²) in [5.74, 6) is -0.164. The highest BCUT2D eigenvalue weighted by Gasteiger charge is 2.33. The second-order valence-electron chi connectivity index (χ2n) is 9.73. The highest BCUT2D eigenvalue weighted by atomic mass is 32.2. The number of nitrogens with one attached hydrogen (secondary N) is 2. The molecule has 3 aromatic carbocycles. The molecule has 0 aromatic heterocycles. The lowest BCUT2D eigenvalue weighted by molar-refractivity contribution is -0.384. The number of benzene rings is 3. The fourth-order valence-corrected chi connectivity index (χ4v) is 6.57. The summed E-state index contributed by atoms with van der Waals surface area (Å²) in [6, 6.07) is 20.0. The zero-order valence-electron chi connectivity index (χ0n) is 23.0. The number of thioether (sulfide) groups is 1. The Hall–Kier alpha value is -3.61. The summed E-state index contributed by atoms with van der Waals surface area (Å²) in [5, 5.41) is 14.7. The summed E-state index contributed by atoms with van der Waals surface area (Å²) in [5.41, 5.74) is 0.805. The summed E-state index contributed by atoms with van der Waals surface area (Å²) in [6.45, 7) is 4.19. The van der Waals surface area contributed by atoms with E-state index < -0.39 is 26.5 Å². The van der Waals surface area contributed by atoms with Crippen molar-refractivity contribution in [3.05, 3.63) is 88.5 Å². The lowest BCUT2D eigenvalue weighted by Crippen LogP contribution is -2.45. The molecule has 0 unspecified atom stereocenters. The van der Waals surface area contributed by atoms with Crippen LogP contribution in [0.15, 0.2) is 82.6 Å². The van der Waals surface area contributed by atoms with Gasteiger partial charge in [0.2, 0.25) is 0 Å². The molecule has 1 saturated heterocycles. The largest absolute Gasteiger partial charge is 0.379 e. The first kappa shape index (κ1) is 30.4. The highest BCUT2D eigenvalue weighted by molar-refractivity contribution is 7.99. The van der Waals surface area contributed by atoms with Gasteiger partial charge in [-0.1, -0.05) is 25.1 Å². The van der Waals surface area contributed by atoms with Crippen molar-refractivity contribution in [1.29, 1.82) is 0 Å². The quantitative estimate of drug-likeness (QED) is 0.123. The molecular formula is C29H34N4O6S2. The number of nitro groups is 1. The predicted octanol–water partition coefficient (Wildman–Crippen LogP) is 5.31. The third-order valence-electron chi connectivity index (χ3n) is 7.38. The maximum atomic E-state index is 13.0. The van der Waals surface area contributed by atoms with Crippen molar-refractivity contribution in [1.82, 2.24) is 4.72 Å². The summed E-state index contributed by atoms with van der Waals surface area (Å²) < 4.78 is 33.7. The Bertz CT molecular complexity index is 1450. The van der Waals surface area contributed by atoms with Crippen molar-refractivity contribution < 1.29 is 22.9 Å². The number of methoxy groups -OCH3 is 1. The van der Waals surface area contributed by atoms with Crippen LogP contribution in [0.5, 0.6) is 0 Å². The number of rotatable bonds is 12. The molecule has 1 fully saturated rings. The van der Waals surface area contributed by atoms with E-state index in [4.69, 9.17) is 4.74 Å². The highest BCUT2D eigenvalue weighted by Crippen LogP contribution is 2.32. The van der Waals surface area contributed by atoms with E-state index in [9.17, 15) is 23.3 Å². The molecule has 218 valence electrons. The molecule has 0 aliphatic carbocycles. The van der Waals surface area contributed by atoms with Crippen LogP contribution in [0, 0.1) is 10.1 Å². The van der Waals surface area contributed by atoms with Gasteiger partial charge in [0.05, 0.1) is 15.4 Å². The third kappa shape index (κ3) is 7.57. The van der Waals surface area contributed by atoms with Crippen LogP contribution in [0.1, 0.15) is 36.5 Å².